The van der Waals surface area contributed by atoms with Gasteiger partial charge in [0.15, 0.2) is 0 Å². The quantitative estimate of drug-likeness (QED) is 0.670. The zero-order chi connectivity index (χ0) is 13.0. The van der Waals surface area contributed by atoms with Crippen LogP contribution in [0.3, 0.4) is 0 Å². The molecule has 1 aromatic rings. The van der Waals surface area contributed by atoms with Crippen LogP contribution in [0.2, 0.25) is 0 Å². The molecule has 2 rings (SSSR count). The summed E-state index contributed by atoms with van der Waals surface area (Å²) in [5.41, 5.74) is 0.948. The van der Waals surface area contributed by atoms with E-state index in [1.807, 2.05) is 19.2 Å². The summed E-state index contributed by atoms with van der Waals surface area (Å²) in [5.74, 6) is -0.0332. The van der Waals surface area contributed by atoms with Gasteiger partial charge in [0.05, 0.1) is 17.8 Å². The molecule has 18 heavy (non-hydrogen) atoms. The van der Waals surface area contributed by atoms with Gasteiger partial charge in [-0.25, -0.2) is 0 Å². The molecule has 2 atom stereocenters. The van der Waals surface area contributed by atoms with E-state index in [0.29, 0.717) is 19.5 Å². The highest BCUT2D eigenvalue weighted by Gasteiger charge is 2.23. The molecule has 0 aromatic carbocycles. The minimum absolute atomic E-state index is 0.0332. The number of hydrogen-bond donors (Lipinski definition) is 3. The Hall–Kier alpha value is -1.40. The molecule has 0 bridgehead atoms. The van der Waals surface area contributed by atoms with Crippen LogP contribution in [0.1, 0.15) is 18.5 Å². The van der Waals surface area contributed by atoms with Crippen molar-refractivity contribution < 1.29 is 9.90 Å². The Morgan fingerprint density at radius 3 is 3.22 bits per heavy atom. The SMILES string of the molecule is Cc1ccn(CCC(=O)N[C@@H]2CCNC[C@H]2O)n1. The molecule has 6 heteroatoms. The summed E-state index contributed by atoms with van der Waals surface area (Å²) in [5, 5.41) is 19.9. The fraction of sp³-hybridized carbons (Fsp3) is 0.667. The number of aromatic nitrogens is 2. The van der Waals surface area contributed by atoms with E-state index in [-0.39, 0.29) is 11.9 Å². The third-order valence-electron chi connectivity index (χ3n) is 3.14. The number of piperidine rings is 1. The van der Waals surface area contributed by atoms with Gasteiger partial charge in [-0.1, -0.05) is 0 Å². The maximum atomic E-state index is 11.8. The largest absolute Gasteiger partial charge is 0.390 e. The van der Waals surface area contributed by atoms with Gasteiger partial charge in [-0.15, -0.1) is 0 Å². The lowest BCUT2D eigenvalue weighted by molar-refractivity contribution is -0.123. The molecule has 0 radical (unpaired) electrons. The lowest BCUT2D eigenvalue weighted by atomic mass is 10.0. The summed E-state index contributed by atoms with van der Waals surface area (Å²) in [7, 11) is 0. The van der Waals surface area contributed by atoms with Crippen LogP contribution in [0.4, 0.5) is 0 Å². The van der Waals surface area contributed by atoms with E-state index < -0.39 is 6.10 Å². The van der Waals surface area contributed by atoms with E-state index in [0.717, 1.165) is 18.7 Å². The van der Waals surface area contributed by atoms with Gasteiger partial charge >= 0.3 is 0 Å². The van der Waals surface area contributed by atoms with E-state index in [4.69, 9.17) is 0 Å². The number of aryl methyl sites for hydroxylation is 2. The lowest BCUT2D eigenvalue weighted by Gasteiger charge is -2.29. The predicted octanol–water partition coefficient (Wildman–Crippen LogP) is -0.579. The van der Waals surface area contributed by atoms with Gasteiger partial charge < -0.3 is 15.7 Å². The van der Waals surface area contributed by atoms with E-state index in [1.165, 1.54) is 0 Å². The number of amides is 1. The molecule has 1 aromatic heterocycles. The first-order chi connectivity index (χ1) is 8.65. The van der Waals surface area contributed by atoms with Gasteiger partial charge in [0.1, 0.15) is 0 Å². The second-order valence-corrected chi connectivity index (χ2v) is 4.70. The number of carbonyl (C=O) groups is 1. The number of nitrogens with one attached hydrogen (secondary N) is 2. The average Bonchev–Trinajstić information content (AvgIpc) is 2.76. The zero-order valence-corrected chi connectivity index (χ0v) is 10.6. The van der Waals surface area contributed by atoms with Crippen molar-refractivity contribution in [3.8, 4) is 0 Å². The first-order valence-corrected chi connectivity index (χ1v) is 6.33. The van der Waals surface area contributed by atoms with Crippen LogP contribution in [0, 0.1) is 6.92 Å². The van der Waals surface area contributed by atoms with Crippen LogP contribution >= 0.6 is 0 Å². The van der Waals surface area contributed by atoms with Crippen LogP contribution in [0.5, 0.6) is 0 Å². The number of nitrogens with zero attached hydrogens (tertiary/aromatic N) is 2. The molecule has 1 aliphatic heterocycles. The summed E-state index contributed by atoms with van der Waals surface area (Å²) >= 11 is 0. The van der Waals surface area contributed by atoms with Gasteiger partial charge in [0, 0.05) is 25.7 Å². The lowest BCUT2D eigenvalue weighted by Crippen LogP contribution is -2.52. The molecule has 1 saturated heterocycles. The summed E-state index contributed by atoms with van der Waals surface area (Å²) in [6.45, 7) is 3.87. The molecule has 1 amide bonds. The molecule has 3 N–H and O–H groups in total. The van der Waals surface area contributed by atoms with Crippen molar-refractivity contribution in [2.24, 2.45) is 0 Å². The number of aliphatic hydroxyl groups excluding tert-OH is 1. The third-order valence-corrected chi connectivity index (χ3v) is 3.14. The number of aliphatic hydroxyl groups is 1. The van der Waals surface area contributed by atoms with Crippen molar-refractivity contribution in [3.05, 3.63) is 18.0 Å². The second-order valence-electron chi connectivity index (χ2n) is 4.70. The van der Waals surface area contributed by atoms with Crippen molar-refractivity contribution >= 4 is 5.91 Å². The summed E-state index contributed by atoms with van der Waals surface area (Å²) in [4.78, 5) is 11.8. The van der Waals surface area contributed by atoms with Crippen LogP contribution in [-0.4, -0.2) is 46.0 Å². The number of β-amino-alcohol motifs (C(OH)–C–C–N with tert-alkyl or cyclic N) is 1. The van der Waals surface area contributed by atoms with Crippen molar-refractivity contribution in [1.82, 2.24) is 20.4 Å². The number of carbonyl (C=O) groups excluding carboxylic acids is 1. The highest BCUT2D eigenvalue weighted by atomic mass is 16.3. The van der Waals surface area contributed by atoms with E-state index >= 15 is 0 Å². The van der Waals surface area contributed by atoms with Crippen LogP contribution < -0.4 is 10.6 Å². The van der Waals surface area contributed by atoms with Crippen molar-refractivity contribution in [1.29, 1.82) is 0 Å². The molecular weight excluding hydrogens is 232 g/mol. The Bertz CT molecular complexity index is 405. The van der Waals surface area contributed by atoms with Crippen LogP contribution in [-0.2, 0) is 11.3 Å². The number of rotatable bonds is 4. The molecular formula is C12H20N4O2. The topological polar surface area (TPSA) is 79.2 Å². The van der Waals surface area contributed by atoms with E-state index in [1.54, 1.807) is 4.68 Å². The van der Waals surface area contributed by atoms with Gasteiger partial charge in [-0.2, -0.15) is 5.10 Å². The van der Waals surface area contributed by atoms with Crippen molar-refractivity contribution in [2.45, 2.75) is 38.5 Å². The predicted molar refractivity (Wildman–Crippen MR) is 67.0 cm³/mol. The van der Waals surface area contributed by atoms with Crippen molar-refractivity contribution in [3.63, 3.8) is 0 Å². The summed E-state index contributed by atoms with van der Waals surface area (Å²) < 4.78 is 1.76. The smallest absolute Gasteiger partial charge is 0.222 e. The molecule has 2 heterocycles. The average molecular weight is 252 g/mol. The Labute approximate surface area is 106 Å². The molecule has 100 valence electrons. The maximum Gasteiger partial charge on any atom is 0.222 e. The Morgan fingerprint density at radius 2 is 2.56 bits per heavy atom. The Kier molecular flexibility index (Phi) is 4.33. The Morgan fingerprint density at radius 1 is 1.72 bits per heavy atom. The molecule has 0 aliphatic carbocycles. The molecule has 1 aliphatic rings. The van der Waals surface area contributed by atoms with Gasteiger partial charge in [0.2, 0.25) is 5.91 Å². The second kappa shape index (κ2) is 5.97. The summed E-state index contributed by atoms with van der Waals surface area (Å²) in [6.07, 6.45) is 2.53. The highest BCUT2D eigenvalue weighted by Crippen LogP contribution is 2.04. The minimum Gasteiger partial charge on any atom is -0.390 e. The molecule has 6 nitrogen and oxygen atoms in total. The van der Waals surface area contributed by atoms with Crippen LogP contribution in [0.25, 0.3) is 0 Å². The van der Waals surface area contributed by atoms with Gasteiger partial charge in [-0.05, 0) is 26.0 Å². The highest BCUT2D eigenvalue weighted by molar-refractivity contribution is 5.76. The van der Waals surface area contributed by atoms with Crippen molar-refractivity contribution in [2.75, 3.05) is 13.1 Å². The third kappa shape index (κ3) is 3.54. The zero-order valence-electron chi connectivity index (χ0n) is 10.6. The standard InChI is InChI=1S/C12H20N4O2/c1-9-3-6-16(15-9)7-4-12(18)14-10-2-5-13-8-11(10)17/h3,6,10-11,13,17H,2,4-5,7-8H2,1H3,(H,14,18)/t10-,11-/m1/s1. The fourth-order valence-electron chi connectivity index (χ4n) is 2.09. The normalized spacial score (nSPS) is 23.9. The molecule has 0 unspecified atom stereocenters. The van der Waals surface area contributed by atoms with Crippen LogP contribution in [0.15, 0.2) is 12.3 Å². The van der Waals surface area contributed by atoms with Gasteiger partial charge in [-0.3, -0.25) is 9.48 Å². The maximum absolute atomic E-state index is 11.8. The number of hydrogen-bond acceptors (Lipinski definition) is 4. The summed E-state index contributed by atoms with van der Waals surface area (Å²) in [6, 6.07) is 1.78. The van der Waals surface area contributed by atoms with Gasteiger partial charge in [0.25, 0.3) is 0 Å². The van der Waals surface area contributed by atoms with E-state index in [9.17, 15) is 9.90 Å². The molecule has 1 fully saturated rings. The monoisotopic (exact) mass is 252 g/mol. The first kappa shape index (κ1) is 13.0. The molecule has 0 spiro atoms. The fourth-order valence-corrected chi connectivity index (χ4v) is 2.09. The molecule has 0 saturated carbocycles. The minimum atomic E-state index is -0.491. The first-order valence-electron chi connectivity index (χ1n) is 6.33. The van der Waals surface area contributed by atoms with E-state index in [2.05, 4.69) is 15.7 Å². The Balaban J connectivity index is 1.74.